The number of para-hydroxylation sites is 1. The molecule has 1 amide bonds. The molecule has 1 atom stereocenters. The fraction of sp³-hybridized carbons (Fsp3) is 0.286. The molecule has 8 heteroatoms. The van der Waals surface area contributed by atoms with Crippen molar-refractivity contribution < 1.29 is 14.6 Å². The molecule has 0 bridgehead atoms. The van der Waals surface area contributed by atoms with Gasteiger partial charge in [-0.2, -0.15) is 0 Å². The molecule has 0 aliphatic carbocycles. The van der Waals surface area contributed by atoms with Gasteiger partial charge >= 0.3 is 0 Å². The Bertz CT molecular complexity index is 1030. The van der Waals surface area contributed by atoms with E-state index < -0.39 is 14.0 Å². The second-order valence-electron chi connectivity index (χ2n) is 8.02. The number of amides is 1. The summed E-state index contributed by atoms with van der Waals surface area (Å²) in [4.78, 5) is 16.2. The highest BCUT2D eigenvalue weighted by molar-refractivity contribution is 6.77. The Kier molecular flexibility index (Phi) is 5.85. The Balaban J connectivity index is 1.93. The molecule has 1 aromatic heterocycles. The molecule has 0 aliphatic rings. The summed E-state index contributed by atoms with van der Waals surface area (Å²) < 4.78 is 7.33. The van der Waals surface area contributed by atoms with Gasteiger partial charge in [0, 0.05) is 16.9 Å². The van der Waals surface area contributed by atoms with E-state index in [9.17, 15) is 9.90 Å². The second kappa shape index (κ2) is 8.18. The third-order valence-electron chi connectivity index (χ3n) is 4.89. The van der Waals surface area contributed by atoms with E-state index in [2.05, 4.69) is 29.7 Å². The van der Waals surface area contributed by atoms with Crippen LogP contribution in [0.2, 0.25) is 19.6 Å². The summed E-state index contributed by atoms with van der Waals surface area (Å²) in [6.45, 7) is 8.78. The molecule has 0 spiro atoms. The van der Waals surface area contributed by atoms with Crippen molar-refractivity contribution in [1.29, 1.82) is 0 Å². The fourth-order valence-corrected chi connectivity index (χ4v) is 3.29. The van der Waals surface area contributed by atoms with E-state index in [4.69, 9.17) is 10.5 Å². The van der Waals surface area contributed by atoms with Crippen molar-refractivity contribution in [3.8, 4) is 28.3 Å². The van der Waals surface area contributed by atoms with E-state index in [-0.39, 0.29) is 24.0 Å². The predicted molar refractivity (Wildman–Crippen MR) is 115 cm³/mol. The minimum atomic E-state index is -1.49. The quantitative estimate of drug-likeness (QED) is 0.579. The monoisotopic (exact) mass is 410 g/mol. The van der Waals surface area contributed by atoms with Crippen LogP contribution < -0.4 is 5.73 Å². The lowest BCUT2D eigenvalue weighted by Gasteiger charge is -2.25. The molecule has 152 valence electrons. The number of nitrogens with zero attached hydrogens (tertiary/aromatic N) is 3. The van der Waals surface area contributed by atoms with Crippen molar-refractivity contribution >= 4 is 14.0 Å². The molecule has 3 rings (SSSR count). The molecular formula is C21H26N4O3Si. The summed E-state index contributed by atoms with van der Waals surface area (Å²) in [6.07, 6.45) is 0. The van der Waals surface area contributed by atoms with Gasteiger partial charge < -0.3 is 15.6 Å². The number of benzene rings is 2. The van der Waals surface area contributed by atoms with Crippen molar-refractivity contribution in [1.82, 2.24) is 14.8 Å². The maximum atomic E-state index is 11.9. The third kappa shape index (κ3) is 4.72. The van der Waals surface area contributed by atoms with Crippen LogP contribution in [-0.2, 0) is 11.5 Å². The smallest absolute Gasteiger partial charge is 0.286 e. The van der Waals surface area contributed by atoms with Gasteiger partial charge in [0.2, 0.25) is 5.82 Å². The third-order valence-corrected chi connectivity index (χ3v) is 7.50. The Labute approximate surface area is 171 Å². The molecule has 2 aromatic carbocycles. The van der Waals surface area contributed by atoms with E-state index in [1.165, 1.54) is 4.68 Å². The number of ether oxygens (including phenoxy) is 1. The maximum absolute atomic E-state index is 11.9. The van der Waals surface area contributed by atoms with Crippen LogP contribution in [0, 0.1) is 0 Å². The molecule has 7 nitrogen and oxygen atoms in total. The number of aromatic nitrogens is 3. The average Bonchev–Trinajstić information content (AvgIpc) is 3.10. The summed E-state index contributed by atoms with van der Waals surface area (Å²) in [5, 5.41) is 14.6. The van der Waals surface area contributed by atoms with Crippen LogP contribution >= 0.6 is 0 Å². The van der Waals surface area contributed by atoms with Crippen LogP contribution in [0.3, 0.4) is 0 Å². The SMILES string of the molecule is CC(OCn1nc(-c2cccc(-c3ccccc3O)c2)nc1C(N)=O)[Si](C)(C)C. The zero-order valence-corrected chi connectivity index (χ0v) is 18.1. The van der Waals surface area contributed by atoms with Crippen molar-refractivity contribution in [2.75, 3.05) is 0 Å². The van der Waals surface area contributed by atoms with E-state index in [1.807, 2.05) is 43.3 Å². The van der Waals surface area contributed by atoms with Crippen molar-refractivity contribution in [3.05, 3.63) is 54.4 Å². The highest BCUT2D eigenvalue weighted by Crippen LogP contribution is 2.31. The van der Waals surface area contributed by atoms with Crippen molar-refractivity contribution in [2.24, 2.45) is 5.73 Å². The van der Waals surface area contributed by atoms with Gasteiger partial charge in [-0.05, 0) is 24.6 Å². The maximum Gasteiger partial charge on any atom is 0.286 e. The van der Waals surface area contributed by atoms with Gasteiger partial charge in [0.15, 0.2) is 5.82 Å². The van der Waals surface area contributed by atoms with Crippen LogP contribution in [0.5, 0.6) is 5.75 Å². The van der Waals surface area contributed by atoms with Gasteiger partial charge in [-0.25, -0.2) is 9.67 Å². The lowest BCUT2D eigenvalue weighted by molar-refractivity contribution is 0.0464. The van der Waals surface area contributed by atoms with E-state index in [0.717, 1.165) is 5.56 Å². The first-order valence-corrected chi connectivity index (χ1v) is 13.0. The molecular weight excluding hydrogens is 384 g/mol. The first-order valence-electron chi connectivity index (χ1n) is 9.42. The molecule has 3 N–H and O–H groups in total. The topological polar surface area (TPSA) is 103 Å². The van der Waals surface area contributed by atoms with E-state index >= 15 is 0 Å². The first-order chi connectivity index (χ1) is 13.7. The highest BCUT2D eigenvalue weighted by atomic mass is 28.3. The Morgan fingerprint density at radius 1 is 1.17 bits per heavy atom. The molecule has 0 saturated heterocycles. The highest BCUT2D eigenvalue weighted by Gasteiger charge is 2.24. The molecule has 0 aliphatic heterocycles. The van der Waals surface area contributed by atoms with Gasteiger partial charge in [-0.1, -0.05) is 56.0 Å². The number of carbonyl (C=O) groups is 1. The minimum absolute atomic E-state index is 0.0516. The standard InChI is InChI=1S/C21H26N4O3Si/c1-14(29(2,3)4)28-13-25-21(19(22)27)23-20(24-25)16-9-7-8-15(12-16)17-10-5-6-11-18(17)26/h5-12,14,26H,13H2,1-4H3,(H2,22,27). The number of nitrogens with two attached hydrogens (primary N) is 1. The lowest BCUT2D eigenvalue weighted by Crippen LogP contribution is -2.38. The van der Waals surface area contributed by atoms with Gasteiger partial charge in [-0.15, -0.1) is 5.10 Å². The van der Waals surface area contributed by atoms with Crippen LogP contribution in [0.4, 0.5) is 0 Å². The number of carbonyl (C=O) groups excluding carboxylic acids is 1. The van der Waals surface area contributed by atoms with Crippen LogP contribution in [-0.4, -0.2) is 39.6 Å². The summed E-state index contributed by atoms with van der Waals surface area (Å²) in [5.41, 5.74) is 7.82. The molecule has 1 heterocycles. The van der Waals surface area contributed by atoms with Crippen LogP contribution in [0.25, 0.3) is 22.5 Å². The summed E-state index contributed by atoms with van der Waals surface area (Å²) >= 11 is 0. The zero-order chi connectivity index (χ0) is 21.2. The second-order valence-corrected chi connectivity index (χ2v) is 13.6. The molecule has 0 fully saturated rings. The predicted octanol–water partition coefficient (Wildman–Crippen LogP) is 3.66. The van der Waals surface area contributed by atoms with Gasteiger partial charge in [0.05, 0.1) is 8.07 Å². The number of primary amides is 1. The van der Waals surface area contributed by atoms with Gasteiger partial charge in [-0.3, -0.25) is 4.79 Å². The minimum Gasteiger partial charge on any atom is -0.507 e. The zero-order valence-electron chi connectivity index (χ0n) is 17.1. The fourth-order valence-electron chi connectivity index (χ4n) is 2.71. The number of hydrogen-bond acceptors (Lipinski definition) is 5. The van der Waals surface area contributed by atoms with Gasteiger partial charge in [0.25, 0.3) is 5.91 Å². The number of rotatable bonds is 7. The van der Waals surface area contributed by atoms with E-state index in [0.29, 0.717) is 17.0 Å². The Hall–Kier alpha value is -2.97. The number of aromatic hydroxyl groups is 1. The normalized spacial score (nSPS) is 12.7. The first kappa shape index (κ1) is 20.8. The van der Waals surface area contributed by atoms with E-state index in [1.54, 1.807) is 12.1 Å². The Morgan fingerprint density at radius 2 is 1.86 bits per heavy atom. The summed E-state index contributed by atoms with van der Waals surface area (Å²) in [5.74, 6) is -0.0457. The van der Waals surface area contributed by atoms with Crippen LogP contribution in [0.15, 0.2) is 48.5 Å². The molecule has 3 aromatic rings. The lowest BCUT2D eigenvalue weighted by atomic mass is 10.0. The number of hydrogen-bond donors (Lipinski definition) is 2. The van der Waals surface area contributed by atoms with Gasteiger partial charge in [0.1, 0.15) is 12.5 Å². The summed E-state index contributed by atoms with van der Waals surface area (Å²) in [6, 6.07) is 14.6. The number of phenols is 1. The molecule has 29 heavy (non-hydrogen) atoms. The van der Waals surface area contributed by atoms with Crippen LogP contribution in [0.1, 0.15) is 17.5 Å². The molecule has 0 radical (unpaired) electrons. The number of phenolic OH excluding ortho intramolecular Hbond substituents is 1. The molecule has 0 saturated carbocycles. The van der Waals surface area contributed by atoms with Crippen molar-refractivity contribution in [2.45, 2.75) is 39.0 Å². The average molecular weight is 411 g/mol. The molecule has 1 unspecified atom stereocenters. The Morgan fingerprint density at radius 3 is 2.52 bits per heavy atom. The van der Waals surface area contributed by atoms with Crippen molar-refractivity contribution in [3.63, 3.8) is 0 Å². The largest absolute Gasteiger partial charge is 0.507 e. The summed E-state index contributed by atoms with van der Waals surface area (Å²) in [7, 11) is -1.49.